The summed E-state index contributed by atoms with van der Waals surface area (Å²) in [7, 11) is 0. The van der Waals surface area contributed by atoms with Crippen molar-refractivity contribution in [1.82, 2.24) is 0 Å². The van der Waals surface area contributed by atoms with Gasteiger partial charge < -0.3 is 21.1 Å². The summed E-state index contributed by atoms with van der Waals surface area (Å²) < 4.78 is 0. The van der Waals surface area contributed by atoms with Crippen LogP contribution in [0.2, 0.25) is 0 Å². The molecule has 16 heavy (non-hydrogen) atoms. The van der Waals surface area contributed by atoms with E-state index in [1.54, 1.807) is 0 Å². The standard InChI is InChI=1S/C12H17NO3/c13-7-12(3-1-2-4-12)11-9(15)5-8(14)6-10(11)16/h5-6,14-16H,1-4,7,13H2. The van der Waals surface area contributed by atoms with E-state index in [0.717, 1.165) is 25.7 Å². The first kappa shape index (κ1) is 11.1. The lowest BCUT2D eigenvalue weighted by Crippen LogP contribution is -2.32. The Morgan fingerprint density at radius 3 is 2.00 bits per heavy atom. The second-order valence-electron chi connectivity index (χ2n) is 4.55. The van der Waals surface area contributed by atoms with Crippen LogP contribution in [-0.4, -0.2) is 21.9 Å². The van der Waals surface area contributed by atoms with E-state index >= 15 is 0 Å². The number of nitrogens with two attached hydrogens (primary N) is 1. The summed E-state index contributed by atoms with van der Waals surface area (Å²) in [4.78, 5) is 0. The van der Waals surface area contributed by atoms with Crippen LogP contribution in [0.25, 0.3) is 0 Å². The quantitative estimate of drug-likeness (QED) is 0.613. The molecule has 0 heterocycles. The zero-order chi connectivity index (χ0) is 11.8. The largest absolute Gasteiger partial charge is 0.508 e. The van der Waals surface area contributed by atoms with E-state index in [4.69, 9.17) is 5.73 Å². The van der Waals surface area contributed by atoms with Crippen molar-refractivity contribution in [2.45, 2.75) is 31.1 Å². The third-order valence-electron chi connectivity index (χ3n) is 3.56. The minimum atomic E-state index is -0.331. The number of phenols is 3. The number of hydrogen-bond donors (Lipinski definition) is 4. The Morgan fingerprint density at radius 2 is 1.56 bits per heavy atom. The molecule has 1 fully saturated rings. The molecule has 0 amide bonds. The van der Waals surface area contributed by atoms with Crippen LogP contribution in [0, 0.1) is 0 Å². The maximum absolute atomic E-state index is 9.85. The maximum Gasteiger partial charge on any atom is 0.126 e. The number of phenolic OH excluding ortho intramolecular Hbond substituents is 3. The van der Waals surface area contributed by atoms with Crippen LogP contribution in [-0.2, 0) is 5.41 Å². The Kier molecular flexibility index (Phi) is 2.68. The van der Waals surface area contributed by atoms with Crippen LogP contribution in [0.1, 0.15) is 31.2 Å². The summed E-state index contributed by atoms with van der Waals surface area (Å²) in [5.41, 5.74) is 5.95. The van der Waals surface area contributed by atoms with Gasteiger partial charge in [0.2, 0.25) is 0 Å². The van der Waals surface area contributed by atoms with E-state index in [2.05, 4.69) is 0 Å². The molecule has 0 atom stereocenters. The fourth-order valence-corrected chi connectivity index (χ4v) is 2.75. The first-order chi connectivity index (χ1) is 7.59. The zero-order valence-electron chi connectivity index (χ0n) is 9.11. The predicted molar refractivity (Wildman–Crippen MR) is 60.6 cm³/mol. The van der Waals surface area contributed by atoms with Crippen molar-refractivity contribution in [1.29, 1.82) is 0 Å². The molecule has 1 aliphatic rings. The molecule has 0 aliphatic heterocycles. The van der Waals surface area contributed by atoms with E-state index in [-0.39, 0.29) is 22.7 Å². The highest BCUT2D eigenvalue weighted by atomic mass is 16.3. The summed E-state index contributed by atoms with van der Waals surface area (Å²) in [6.07, 6.45) is 3.85. The van der Waals surface area contributed by atoms with Crippen molar-refractivity contribution in [2.24, 2.45) is 5.73 Å². The van der Waals surface area contributed by atoms with Gasteiger partial charge in [-0.25, -0.2) is 0 Å². The second kappa shape index (κ2) is 3.87. The fraction of sp³-hybridized carbons (Fsp3) is 0.500. The van der Waals surface area contributed by atoms with Crippen molar-refractivity contribution in [2.75, 3.05) is 6.54 Å². The Bertz CT molecular complexity index is 374. The molecule has 88 valence electrons. The van der Waals surface area contributed by atoms with Crippen LogP contribution in [0.3, 0.4) is 0 Å². The van der Waals surface area contributed by atoms with E-state index in [1.807, 2.05) is 0 Å². The van der Waals surface area contributed by atoms with Crippen LogP contribution < -0.4 is 5.73 Å². The Morgan fingerprint density at radius 1 is 1.06 bits per heavy atom. The van der Waals surface area contributed by atoms with Gasteiger partial charge in [0, 0.05) is 29.7 Å². The maximum atomic E-state index is 9.85. The highest BCUT2D eigenvalue weighted by molar-refractivity contribution is 5.53. The third kappa shape index (κ3) is 1.59. The van der Waals surface area contributed by atoms with Crippen molar-refractivity contribution in [3.8, 4) is 17.2 Å². The Balaban J connectivity index is 2.54. The molecule has 4 nitrogen and oxygen atoms in total. The number of benzene rings is 1. The lowest BCUT2D eigenvalue weighted by Gasteiger charge is -2.29. The van der Waals surface area contributed by atoms with Gasteiger partial charge in [0.15, 0.2) is 0 Å². The third-order valence-corrected chi connectivity index (χ3v) is 3.56. The van der Waals surface area contributed by atoms with E-state index in [9.17, 15) is 15.3 Å². The fourth-order valence-electron chi connectivity index (χ4n) is 2.75. The van der Waals surface area contributed by atoms with E-state index in [1.165, 1.54) is 12.1 Å². The monoisotopic (exact) mass is 223 g/mol. The van der Waals surface area contributed by atoms with Crippen LogP contribution >= 0.6 is 0 Å². The average molecular weight is 223 g/mol. The molecule has 0 unspecified atom stereocenters. The molecule has 2 rings (SSSR count). The highest BCUT2D eigenvalue weighted by Gasteiger charge is 2.38. The van der Waals surface area contributed by atoms with Gasteiger partial charge in [0.1, 0.15) is 17.2 Å². The van der Waals surface area contributed by atoms with Gasteiger partial charge in [-0.1, -0.05) is 12.8 Å². The molecule has 0 bridgehead atoms. The molecular formula is C12H17NO3. The van der Waals surface area contributed by atoms with Crippen molar-refractivity contribution in [3.63, 3.8) is 0 Å². The van der Waals surface area contributed by atoms with Gasteiger partial charge in [-0.3, -0.25) is 0 Å². The lowest BCUT2D eigenvalue weighted by molar-refractivity contribution is 0.368. The molecule has 4 heteroatoms. The molecule has 1 aromatic rings. The molecule has 0 radical (unpaired) electrons. The van der Waals surface area contributed by atoms with Crippen molar-refractivity contribution >= 4 is 0 Å². The minimum Gasteiger partial charge on any atom is -0.508 e. The second-order valence-corrected chi connectivity index (χ2v) is 4.55. The number of aromatic hydroxyl groups is 3. The van der Waals surface area contributed by atoms with Gasteiger partial charge >= 0.3 is 0 Å². The van der Waals surface area contributed by atoms with Crippen LogP contribution in [0.15, 0.2) is 12.1 Å². The van der Waals surface area contributed by atoms with Gasteiger partial charge in [-0.2, -0.15) is 0 Å². The van der Waals surface area contributed by atoms with E-state index in [0.29, 0.717) is 12.1 Å². The molecule has 1 aliphatic carbocycles. The normalized spacial score (nSPS) is 18.8. The SMILES string of the molecule is NCC1(c2c(O)cc(O)cc2O)CCCC1. The first-order valence-corrected chi connectivity index (χ1v) is 5.54. The van der Waals surface area contributed by atoms with Crippen LogP contribution in [0.4, 0.5) is 0 Å². The van der Waals surface area contributed by atoms with Crippen molar-refractivity contribution in [3.05, 3.63) is 17.7 Å². The van der Waals surface area contributed by atoms with E-state index < -0.39 is 0 Å². The molecule has 5 N–H and O–H groups in total. The van der Waals surface area contributed by atoms with Crippen molar-refractivity contribution < 1.29 is 15.3 Å². The summed E-state index contributed by atoms with van der Waals surface area (Å²) in [6, 6.07) is 2.51. The van der Waals surface area contributed by atoms with Gasteiger partial charge in [0.05, 0.1) is 0 Å². The lowest BCUT2D eigenvalue weighted by atomic mass is 9.78. The minimum absolute atomic E-state index is 0.0650. The van der Waals surface area contributed by atoms with Crippen LogP contribution in [0.5, 0.6) is 17.2 Å². The summed E-state index contributed by atoms with van der Waals surface area (Å²) in [5, 5.41) is 29.0. The molecular weight excluding hydrogens is 206 g/mol. The summed E-state index contributed by atoms with van der Waals surface area (Å²) in [5.74, 6) is -0.265. The Hall–Kier alpha value is -1.42. The number of rotatable bonds is 2. The summed E-state index contributed by atoms with van der Waals surface area (Å²) >= 11 is 0. The zero-order valence-corrected chi connectivity index (χ0v) is 9.11. The molecule has 0 aromatic heterocycles. The average Bonchev–Trinajstić information content (AvgIpc) is 2.66. The highest BCUT2D eigenvalue weighted by Crippen LogP contribution is 2.48. The van der Waals surface area contributed by atoms with Gasteiger partial charge in [-0.05, 0) is 12.8 Å². The van der Waals surface area contributed by atoms with Gasteiger partial charge in [-0.15, -0.1) is 0 Å². The molecule has 0 spiro atoms. The predicted octanol–water partition coefficient (Wildman–Crippen LogP) is 1.57. The topological polar surface area (TPSA) is 86.7 Å². The first-order valence-electron chi connectivity index (χ1n) is 5.54. The smallest absolute Gasteiger partial charge is 0.126 e. The van der Waals surface area contributed by atoms with Gasteiger partial charge in [0.25, 0.3) is 0 Å². The molecule has 1 saturated carbocycles. The number of hydrogen-bond acceptors (Lipinski definition) is 4. The Labute approximate surface area is 94.3 Å². The molecule has 1 aromatic carbocycles. The molecule has 0 saturated heterocycles. The summed E-state index contributed by atoms with van der Waals surface area (Å²) in [6.45, 7) is 0.402.